The highest BCUT2D eigenvalue weighted by Crippen LogP contribution is 2.22. The molecule has 2 N–H and O–H groups in total. The van der Waals surface area contributed by atoms with Crippen molar-refractivity contribution in [1.82, 2.24) is 19.9 Å². The summed E-state index contributed by atoms with van der Waals surface area (Å²) in [7, 11) is 0. The molecule has 2 aromatic heterocycles. The summed E-state index contributed by atoms with van der Waals surface area (Å²) in [6.45, 7) is 5.97. The number of H-pyrrole nitrogens is 1. The lowest BCUT2D eigenvalue weighted by molar-refractivity contribution is 0.453. The lowest BCUT2D eigenvalue weighted by atomic mass is 9.96. The standard InChI is InChI=1S/C14H20N4O/c1-3-11-9(2)16-13-7-12(17-18(13)14(11)19)10-5-4-6-15-8-10/h7,10,15,17H,3-6,8H2,1-2H3/t10-/m0/s1. The predicted octanol–water partition coefficient (Wildman–Crippen LogP) is 1.36. The SMILES string of the molecule is CCc1c(C)nc2cc([C@H]3CCCNC3)[nH]n2c1=O. The number of nitrogens with zero attached hydrogens (tertiary/aromatic N) is 2. The molecule has 1 atom stereocenters. The van der Waals surface area contributed by atoms with Crippen LogP contribution in [-0.2, 0) is 6.42 Å². The highest BCUT2D eigenvalue weighted by Gasteiger charge is 2.19. The maximum Gasteiger partial charge on any atom is 0.276 e. The summed E-state index contributed by atoms with van der Waals surface area (Å²) in [5, 5.41) is 6.64. The first-order chi connectivity index (χ1) is 9.20. The molecule has 0 bridgehead atoms. The normalized spacial score (nSPS) is 20.0. The molecule has 5 heteroatoms. The molecule has 1 saturated heterocycles. The fourth-order valence-corrected chi connectivity index (χ4v) is 2.92. The van der Waals surface area contributed by atoms with E-state index in [9.17, 15) is 4.79 Å². The molecule has 5 nitrogen and oxygen atoms in total. The maximum absolute atomic E-state index is 12.4. The molecule has 2 aromatic rings. The second-order valence-electron chi connectivity index (χ2n) is 5.28. The topological polar surface area (TPSA) is 62.2 Å². The van der Waals surface area contributed by atoms with Gasteiger partial charge < -0.3 is 5.32 Å². The van der Waals surface area contributed by atoms with Gasteiger partial charge in [0.1, 0.15) is 0 Å². The van der Waals surface area contributed by atoms with Gasteiger partial charge in [-0.1, -0.05) is 6.92 Å². The van der Waals surface area contributed by atoms with Crippen molar-refractivity contribution in [3.8, 4) is 0 Å². The summed E-state index contributed by atoms with van der Waals surface area (Å²) in [5.74, 6) is 0.459. The summed E-state index contributed by atoms with van der Waals surface area (Å²) in [4.78, 5) is 16.9. The first kappa shape index (κ1) is 12.4. The predicted molar refractivity (Wildman–Crippen MR) is 74.8 cm³/mol. The van der Waals surface area contributed by atoms with Crippen LogP contribution in [0.5, 0.6) is 0 Å². The first-order valence-corrected chi connectivity index (χ1v) is 7.02. The zero-order chi connectivity index (χ0) is 13.4. The Morgan fingerprint density at radius 3 is 3.05 bits per heavy atom. The second kappa shape index (κ2) is 4.81. The van der Waals surface area contributed by atoms with Crippen LogP contribution < -0.4 is 10.9 Å². The van der Waals surface area contributed by atoms with Crippen LogP contribution in [0.1, 0.15) is 42.6 Å². The molecular weight excluding hydrogens is 240 g/mol. The minimum atomic E-state index is 0.0417. The van der Waals surface area contributed by atoms with E-state index in [4.69, 9.17) is 0 Å². The quantitative estimate of drug-likeness (QED) is 0.857. The molecule has 1 aliphatic heterocycles. The van der Waals surface area contributed by atoms with Crippen molar-refractivity contribution in [2.24, 2.45) is 0 Å². The smallest absolute Gasteiger partial charge is 0.276 e. The van der Waals surface area contributed by atoms with E-state index in [1.807, 2.05) is 19.9 Å². The van der Waals surface area contributed by atoms with Gasteiger partial charge in [-0.15, -0.1) is 0 Å². The van der Waals surface area contributed by atoms with Crippen molar-refractivity contribution in [1.29, 1.82) is 0 Å². The van der Waals surface area contributed by atoms with Crippen molar-refractivity contribution in [2.75, 3.05) is 13.1 Å². The van der Waals surface area contributed by atoms with E-state index >= 15 is 0 Å². The number of nitrogens with one attached hydrogen (secondary N) is 2. The minimum absolute atomic E-state index is 0.0417. The van der Waals surface area contributed by atoms with Crippen LogP contribution in [0.3, 0.4) is 0 Å². The van der Waals surface area contributed by atoms with Gasteiger partial charge in [0, 0.05) is 35.5 Å². The molecule has 1 aliphatic rings. The zero-order valence-corrected chi connectivity index (χ0v) is 11.5. The molecule has 19 heavy (non-hydrogen) atoms. The molecule has 3 rings (SSSR count). The van der Waals surface area contributed by atoms with Gasteiger partial charge in [0.2, 0.25) is 0 Å². The third-order valence-electron chi connectivity index (χ3n) is 4.03. The molecule has 0 aromatic carbocycles. The monoisotopic (exact) mass is 260 g/mol. The summed E-state index contributed by atoms with van der Waals surface area (Å²) in [6, 6.07) is 2.02. The Hall–Kier alpha value is -1.62. The Balaban J connectivity index is 2.10. The molecule has 3 heterocycles. The van der Waals surface area contributed by atoms with E-state index in [0.29, 0.717) is 5.92 Å². The van der Waals surface area contributed by atoms with Crippen molar-refractivity contribution in [3.05, 3.63) is 33.4 Å². The lowest BCUT2D eigenvalue weighted by Crippen LogP contribution is -2.28. The van der Waals surface area contributed by atoms with Crippen molar-refractivity contribution >= 4 is 5.65 Å². The second-order valence-corrected chi connectivity index (χ2v) is 5.28. The first-order valence-electron chi connectivity index (χ1n) is 7.02. The summed E-state index contributed by atoms with van der Waals surface area (Å²) in [5.41, 5.74) is 3.54. The number of rotatable bonds is 2. The molecular formula is C14H20N4O. The van der Waals surface area contributed by atoms with Gasteiger partial charge in [0.05, 0.1) is 0 Å². The molecule has 0 amide bonds. The number of aromatic nitrogens is 3. The summed E-state index contributed by atoms with van der Waals surface area (Å²) >= 11 is 0. The minimum Gasteiger partial charge on any atom is -0.316 e. The summed E-state index contributed by atoms with van der Waals surface area (Å²) in [6.07, 6.45) is 3.07. The van der Waals surface area contributed by atoms with Gasteiger partial charge in [-0.2, -0.15) is 0 Å². The molecule has 0 radical (unpaired) electrons. The third-order valence-corrected chi connectivity index (χ3v) is 4.03. The molecule has 102 valence electrons. The average Bonchev–Trinajstić information content (AvgIpc) is 2.84. The third kappa shape index (κ3) is 2.08. The number of hydrogen-bond donors (Lipinski definition) is 2. The number of fused-ring (bicyclic) bond motifs is 1. The van der Waals surface area contributed by atoms with Gasteiger partial charge in [-0.05, 0) is 32.7 Å². The van der Waals surface area contributed by atoms with Gasteiger partial charge in [-0.25, -0.2) is 9.50 Å². The van der Waals surface area contributed by atoms with Crippen LogP contribution in [0.4, 0.5) is 0 Å². The fourth-order valence-electron chi connectivity index (χ4n) is 2.92. The highest BCUT2D eigenvalue weighted by molar-refractivity contribution is 5.42. The van der Waals surface area contributed by atoms with E-state index in [1.165, 1.54) is 6.42 Å². The van der Waals surface area contributed by atoms with E-state index in [0.717, 1.165) is 48.5 Å². The Bertz CT molecular complexity index is 649. The number of hydrogen-bond acceptors (Lipinski definition) is 3. The lowest BCUT2D eigenvalue weighted by Gasteiger charge is -2.21. The Kier molecular flexibility index (Phi) is 3.14. The van der Waals surface area contributed by atoms with Crippen LogP contribution in [-0.4, -0.2) is 27.7 Å². The molecule has 1 fully saturated rings. The number of aryl methyl sites for hydroxylation is 1. The maximum atomic E-state index is 12.4. The van der Waals surface area contributed by atoms with E-state index in [2.05, 4.69) is 15.4 Å². The van der Waals surface area contributed by atoms with Crippen molar-refractivity contribution in [3.63, 3.8) is 0 Å². The van der Waals surface area contributed by atoms with Crippen LogP contribution in [0.15, 0.2) is 10.9 Å². The summed E-state index contributed by atoms with van der Waals surface area (Å²) < 4.78 is 1.59. The average molecular weight is 260 g/mol. The highest BCUT2D eigenvalue weighted by atomic mass is 16.1. The Labute approximate surface area is 112 Å². The largest absolute Gasteiger partial charge is 0.316 e. The number of aromatic amines is 1. The van der Waals surface area contributed by atoms with Crippen LogP contribution in [0.2, 0.25) is 0 Å². The Morgan fingerprint density at radius 2 is 2.37 bits per heavy atom. The van der Waals surface area contributed by atoms with Crippen LogP contribution >= 0.6 is 0 Å². The Morgan fingerprint density at radius 1 is 1.53 bits per heavy atom. The zero-order valence-electron chi connectivity index (χ0n) is 11.5. The van der Waals surface area contributed by atoms with Crippen molar-refractivity contribution < 1.29 is 0 Å². The van der Waals surface area contributed by atoms with Gasteiger partial charge in [-0.3, -0.25) is 9.89 Å². The van der Waals surface area contributed by atoms with Gasteiger partial charge >= 0.3 is 0 Å². The number of piperidine rings is 1. The molecule has 0 aliphatic carbocycles. The van der Waals surface area contributed by atoms with E-state index < -0.39 is 0 Å². The molecule has 0 spiro atoms. The van der Waals surface area contributed by atoms with E-state index in [-0.39, 0.29) is 5.56 Å². The van der Waals surface area contributed by atoms with Crippen LogP contribution in [0.25, 0.3) is 5.65 Å². The van der Waals surface area contributed by atoms with Crippen molar-refractivity contribution in [2.45, 2.75) is 39.0 Å². The molecule has 0 unspecified atom stereocenters. The molecule has 0 saturated carbocycles. The van der Waals surface area contributed by atoms with E-state index in [1.54, 1.807) is 4.52 Å². The van der Waals surface area contributed by atoms with Gasteiger partial charge in [0.25, 0.3) is 5.56 Å². The van der Waals surface area contributed by atoms with Gasteiger partial charge in [0.15, 0.2) is 5.65 Å². The van der Waals surface area contributed by atoms with Crippen LogP contribution in [0, 0.1) is 6.92 Å². The fraction of sp³-hybridized carbons (Fsp3) is 0.571.